The van der Waals surface area contributed by atoms with Gasteiger partial charge in [-0.25, -0.2) is 9.97 Å². The molecule has 2 heterocycles. The number of nitrogens with zero attached hydrogens (tertiary/aromatic N) is 4. The van der Waals surface area contributed by atoms with Crippen LogP contribution in [-0.4, -0.2) is 26.8 Å². The Bertz CT molecular complexity index is 509. The van der Waals surface area contributed by atoms with Crippen molar-refractivity contribution in [2.24, 2.45) is 7.05 Å². The van der Waals surface area contributed by atoms with E-state index in [0.717, 1.165) is 16.4 Å². The van der Waals surface area contributed by atoms with Gasteiger partial charge in [0.05, 0.1) is 11.0 Å². The normalized spacial score (nSPS) is 10.4. The first-order chi connectivity index (χ1) is 8.18. The van der Waals surface area contributed by atoms with E-state index in [1.807, 2.05) is 0 Å². The molecule has 0 aliphatic carbocycles. The minimum atomic E-state index is -0.730. The summed E-state index contributed by atoms with van der Waals surface area (Å²) < 4.78 is 5.49. The lowest BCUT2D eigenvalue weighted by atomic mass is 10.3. The number of rotatable bonds is 4. The fourth-order valence-electron chi connectivity index (χ4n) is 1.17. The first-order valence-electron chi connectivity index (χ1n) is 4.64. The van der Waals surface area contributed by atoms with Crippen molar-refractivity contribution in [1.82, 2.24) is 15.2 Å². The van der Waals surface area contributed by atoms with Crippen LogP contribution >= 0.6 is 11.8 Å². The molecule has 0 spiro atoms. The van der Waals surface area contributed by atoms with Gasteiger partial charge in [-0.05, 0) is 6.07 Å². The minimum Gasteiger partial charge on any atom is -0.539 e. The Morgan fingerprint density at radius 1 is 1.53 bits per heavy atom. The Balaban J connectivity index is 2.04. The highest BCUT2D eigenvalue weighted by Gasteiger charge is 2.22. The zero-order valence-electron chi connectivity index (χ0n) is 8.86. The molecule has 0 amide bonds. The van der Waals surface area contributed by atoms with Crippen LogP contribution in [0.15, 0.2) is 28.1 Å². The van der Waals surface area contributed by atoms with Crippen LogP contribution in [0.3, 0.4) is 0 Å². The number of aromatic nitrogens is 4. The molecule has 2 aromatic heterocycles. The maximum absolute atomic E-state index is 11.7. The highest BCUT2D eigenvalue weighted by Crippen LogP contribution is 2.15. The number of carbonyl (C=O) groups excluding carboxylic acids is 1. The van der Waals surface area contributed by atoms with Crippen molar-refractivity contribution in [2.75, 3.05) is 5.75 Å². The molecule has 0 saturated heterocycles. The molecular weight excluding hydrogens is 244 g/mol. The third-order valence-electron chi connectivity index (χ3n) is 1.90. The van der Waals surface area contributed by atoms with Crippen LogP contribution in [0.5, 0.6) is 5.95 Å². The lowest BCUT2D eigenvalue weighted by Gasteiger charge is -1.97. The average Bonchev–Trinajstić information content (AvgIpc) is 2.67. The van der Waals surface area contributed by atoms with Gasteiger partial charge in [0.2, 0.25) is 5.78 Å². The second kappa shape index (κ2) is 4.91. The largest absolute Gasteiger partial charge is 0.539 e. The maximum atomic E-state index is 11.7. The van der Waals surface area contributed by atoms with E-state index in [1.54, 1.807) is 18.5 Å². The molecule has 88 valence electrons. The molecule has 2 aromatic rings. The number of thioether (sulfide) groups is 1. The summed E-state index contributed by atoms with van der Waals surface area (Å²) in [5.41, 5.74) is -0.0755. The summed E-state index contributed by atoms with van der Waals surface area (Å²) in [6.07, 6.45) is 3.16. The molecule has 7 nitrogen and oxygen atoms in total. The van der Waals surface area contributed by atoms with Crippen molar-refractivity contribution in [3.63, 3.8) is 0 Å². The van der Waals surface area contributed by atoms with Crippen LogP contribution in [0, 0.1) is 0 Å². The third-order valence-corrected chi connectivity index (χ3v) is 2.78. The molecule has 0 bridgehead atoms. The van der Waals surface area contributed by atoms with Gasteiger partial charge < -0.3 is 9.63 Å². The predicted octanol–water partition coefficient (Wildman–Crippen LogP) is -0.662. The van der Waals surface area contributed by atoms with E-state index in [0.29, 0.717) is 5.16 Å². The summed E-state index contributed by atoms with van der Waals surface area (Å²) in [7, 11) is 1.47. The first kappa shape index (κ1) is 11.5. The van der Waals surface area contributed by atoms with Gasteiger partial charge in [-0.1, -0.05) is 16.4 Å². The number of hydrogen-bond donors (Lipinski definition) is 0. The van der Waals surface area contributed by atoms with Crippen molar-refractivity contribution >= 4 is 17.5 Å². The molecule has 0 N–H and O–H groups in total. The van der Waals surface area contributed by atoms with Gasteiger partial charge >= 0.3 is 0 Å². The van der Waals surface area contributed by atoms with Crippen LogP contribution in [0.1, 0.15) is 10.5 Å². The molecular formula is C9H8N4O3S. The van der Waals surface area contributed by atoms with Crippen molar-refractivity contribution in [3.8, 4) is 5.95 Å². The summed E-state index contributed by atoms with van der Waals surface area (Å²) in [5.74, 6) is -1.03. The van der Waals surface area contributed by atoms with Gasteiger partial charge in [-0.2, -0.15) is 0 Å². The van der Waals surface area contributed by atoms with E-state index < -0.39 is 5.95 Å². The summed E-state index contributed by atoms with van der Waals surface area (Å²) in [6.45, 7) is 0. The lowest BCUT2D eigenvalue weighted by molar-refractivity contribution is -0.741. The number of aryl methyl sites for hydroxylation is 1. The van der Waals surface area contributed by atoms with Gasteiger partial charge in [-0.3, -0.25) is 4.79 Å². The molecule has 0 aliphatic rings. The van der Waals surface area contributed by atoms with Gasteiger partial charge in [0, 0.05) is 12.4 Å². The van der Waals surface area contributed by atoms with Gasteiger partial charge in [0.25, 0.3) is 5.69 Å². The number of Topliss-reactive ketones (excluding diaryl/α,β-unsaturated/α-hetero) is 1. The smallest absolute Gasteiger partial charge is 0.300 e. The van der Waals surface area contributed by atoms with Crippen LogP contribution < -0.4 is 9.79 Å². The highest BCUT2D eigenvalue weighted by atomic mass is 32.2. The molecule has 0 saturated carbocycles. The fraction of sp³-hybridized carbons (Fsp3) is 0.222. The van der Waals surface area contributed by atoms with E-state index in [9.17, 15) is 9.90 Å². The van der Waals surface area contributed by atoms with Crippen molar-refractivity contribution in [1.29, 1.82) is 0 Å². The highest BCUT2D eigenvalue weighted by molar-refractivity contribution is 7.99. The molecule has 0 radical (unpaired) electrons. The van der Waals surface area contributed by atoms with Crippen LogP contribution in [0.4, 0.5) is 0 Å². The van der Waals surface area contributed by atoms with E-state index in [1.165, 1.54) is 7.05 Å². The standard InChI is InChI=1S/C9H8N4O3S/c1-13-7(8(15)16-12-13)6(14)5-17-9-10-3-2-4-11-9/h2-4H,5H2,1H3. The van der Waals surface area contributed by atoms with Crippen molar-refractivity contribution < 1.29 is 19.1 Å². The molecule has 0 aliphatic heterocycles. The average molecular weight is 252 g/mol. The quantitative estimate of drug-likeness (QED) is 0.308. The molecule has 17 heavy (non-hydrogen) atoms. The van der Waals surface area contributed by atoms with Crippen molar-refractivity contribution in [2.45, 2.75) is 5.16 Å². The van der Waals surface area contributed by atoms with Crippen LogP contribution in [0.25, 0.3) is 0 Å². The Morgan fingerprint density at radius 3 is 2.82 bits per heavy atom. The molecule has 0 fully saturated rings. The lowest BCUT2D eigenvalue weighted by Crippen LogP contribution is -2.37. The van der Waals surface area contributed by atoms with E-state index >= 15 is 0 Å². The minimum absolute atomic E-state index is 0.0638. The summed E-state index contributed by atoms with van der Waals surface area (Å²) in [5, 5.41) is 15.0. The summed E-state index contributed by atoms with van der Waals surface area (Å²) in [4.78, 5) is 19.6. The first-order valence-corrected chi connectivity index (χ1v) is 5.63. The monoisotopic (exact) mass is 252 g/mol. The number of hydrogen-bond acceptors (Lipinski definition) is 7. The van der Waals surface area contributed by atoms with E-state index in [4.69, 9.17) is 0 Å². The molecule has 0 unspecified atom stereocenters. The third kappa shape index (κ3) is 2.59. The maximum Gasteiger partial charge on any atom is 0.300 e. The predicted molar refractivity (Wildman–Crippen MR) is 54.2 cm³/mol. The SMILES string of the molecule is C[n+]1noc([O-])c1C(=O)CSc1ncccn1. The Labute approximate surface area is 100 Å². The molecule has 2 rings (SSSR count). The van der Waals surface area contributed by atoms with E-state index in [2.05, 4.69) is 19.8 Å². The van der Waals surface area contributed by atoms with Gasteiger partial charge in [-0.15, -0.1) is 0 Å². The van der Waals surface area contributed by atoms with E-state index in [-0.39, 0.29) is 17.2 Å². The zero-order valence-corrected chi connectivity index (χ0v) is 9.68. The second-order valence-corrected chi connectivity index (χ2v) is 4.02. The van der Waals surface area contributed by atoms with Gasteiger partial charge in [0.15, 0.2) is 18.2 Å². The fourth-order valence-corrected chi connectivity index (χ4v) is 1.83. The molecule has 0 atom stereocenters. The zero-order chi connectivity index (χ0) is 12.3. The summed E-state index contributed by atoms with van der Waals surface area (Å²) >= 11 is 1.15. The number of ketones is 1. The van der Waals surface area contributed by atoms with Gasteiger partial charge in [0.1, 0.15) is 0 Å². The van der Waals surface area contributed by atoms with Crippen LogP contribution in [0.2, 0.25) is 0 Å². The molecule has 0 aromatic carbocycles. The second-order valence-electron chi connectivity index (χ2n) is 3.08. The molecule has 8 heteroatoms. The Hall–Kier alpha value is -1.96. The number of carbonyl (C=O) groups is 1. The van der Waals surface area contributed by atoms with Crippen molar-refractivity contribution in [3.05, 3.63) is 24.2 Å². The Morgan fingerprint density at radius 2 is 2.24 bits per heavy atom. The van der Waals surface area contributed by atoms with Crippen LogP contribution in [-0.2, 0) is 7.05 Å². The Kier molecular flexibility index (Phi) is 3.33. The topological polar surface area (TPSA) is 95.8 Å². The summed E-state index contributed by atoms with van der Waals surface area (Å²) in [6, 6.07) is 1.68.